The summed E-state index contributed by atoms with van der Waals surface area (Å²) in [6.45, 7) is 4.22. The molecule has 1 saturated heterocycles. The first-order valence-corrected chi connectivity index (χ1v) is 6.61. The zero-order valence-corrected chi connectivity index (χ0v) is 10.6. The first kappa shape index (κ1) is 12.5. The molecule has 17 heavy (non-hydrogen) atoms. The van der Waals surface area contributed by atoms with Crippen LogP contribution in [0.4, 0.5) is 0 Å². The van der Waals surface area contributed by atoms with Gasteiger partial charge in [-0.3, -0.25) is 4.98 Å². The van der Waals surface area contributed by atoms with E-state index in [-0.39, 0.29) is 0 Å². The molecule has 2 heterocycles. The molecule has 2 atom stereocenters. The molecule has 0 spiro atoms. The summed E-state index contributed by atoms with van der Waals surface area (Å²) in [6, 6.07) is 4.54. The lowest BCUT2D eigenvalue weighted by Gasteiger charge is -2.15. The summed E-state index contributed by atoms with van der Waals surface area (Å²) < 4.78 is 5.61. The third kappa shape index (κ3) is 4.10. The van der Waals surface area contributed by atoms with E-state index in [1.165, 1.54) is 31.2 Å². The molecule has 0 aliphatic carbocycles. The first-order chi connectivity index (χ1) is 8.36. The van der Waals surface area contributed by atoms with Crippen molar-refractivity contribution < 1.29 is 4.74 Å². The van der Waals surface area contributed by atoms with Crippen molar-refractivity contribution in [1.82, 2.24) is 10.3 Å². The average molecular weight is 234 g/mol. The summed E-state index contributed by atoms with van der Waals surface area (Å²) in [6.07, 6.45) is 9.09. The Hall–Kier alpha value is -0.930. The zero-order valence-electron chi connectivity index (χ0n) is 10.6. The van der Waals surface area contributed by atoms with Gasteiger partial charge >= 0.3 is 0 Å². The molecule has 2 rings (SSSR count). The maximum Gasteiger partial charge on any atom is 0.0576 e. The van der Waals surface area contributed by atoms with Crippen LogP contribution in [0.1, 0.15) is 44.2 Å². The van der Waals surface area contributed by atoms with Crippen molar-refractivity contribution in [3.05, 3.63) is 30.1 Å². The van der Waals surface area contributed by atoms with E-state index in [9.17, 15) is 0 Å². The third-order valence-corrected chi connectivity index (χ3v) is 3.38. The predicted molar refractivity (Wildman–Crippen MR) is 68.9 cm³/mol. The topological polar surface area (TPSA) is 34.1 Å². The van der Waals surface area contributed by atoms with E-state index in [1.807, 2.05) is 12.4 Å². The van der Waals surface area contributed by atoms with E-state index in [0.29, 0.717) is 12.1 Å². The number of hydrogen-bond donors (Lipinski definition) is 1. The van der Waals surface area contributed by atoms with Gasteiger partial charge in [0.25, 0.3) is 0 Å². The van der Waals surface area contributed by atoms with Crippen LogP contribution in [0.3, 0.4) is 0 Å². The molecule has 1 aromatic heterocycles. The van der Waals surface area contributed by atoms with Gasteiger partial charge in [0, 0.05) is 25.0 Å². The monoisotopic (exact) mass is 234 g/mol. The van der Waals surface area contributed by atoms with E-state index in [1.54, 1.807) is 0 Å². The molecule has 3 nitrogen and oxygen atoms in total. The lowest BCUT2D eigenvalue weighted by molar-refractivity contribution is 0.102. The minimum absolute atomic E-state index is 0.405. The molecule has 1 unspecified atom stereocenters. The summed E-state index contributed by atoms with van der Waals surface area (Å²) in [5.41, 5.74) is 1.30. The number of rotatable bonds is 6. The Kier molecular flexibility index (Phi) is 4.95. The molecule has 0 bridgehead atoms. The molecule has 0 amide bonds. The number of ether oxygens (including phenoxy) is 1. The first-order valence-electron chi connectivity index (χ1n) is 6.61. The molecule has 1 N–H and O–H groups in total. The Bertz CT molecular complexity index is 309. The van der Waals surface area contributed by atoms with E-state index in [2.05, 4.69) is 29.4 Å². The van der Waals surface area contributed by atoms with Crippen molar-refractivity contribution in [3.8, 4) is 0 Å². The highest BCUT2D eigenvalue weighted by atomic mass is 16.5. The quantitative estimate of drug-likeness (QED) is 0.768. The van der Waals surface area contributed by atoms with Gasteiger partial charge in [-0.1, -0.05) is 0 Å². The van der Waals surface area contributed by atoms with Gasteiger partial charge in [0.1, 0.15) is 0 Å². The Labute approximate surface area is 104 Å². The number of nitrogens with zero attached hydrogens (tertiary/aromatic N) is 1. The highest BCUT2D eigenvalue weighted by Crippen LogP contribution is 2.17. The van der Waals surface area contributed by atoms with Crippen molar-refractivity contribution in [2.24, 2.45) is 0 Å². The Morgan fingerprint density at radius 3 is 3.00 bits per heavy atom. The number of hydrogen-bond acceptors (Lipinski definition) is 3. The van der Waals surface area contributed by atoms with Crippen LogP contribution in [-0.4, -0.2) is 24.2 Å². The highest BCUT2D eigenvalue weighted by molar-refractivity contribution is 5.13. The van der Waals surface area contributed by atoms with Gasteiger partial charge in [0.2, 0.25) is 0 Å². The van der Waals surface area contributed by atoms with Gasteiger partial charge in [0.05, 0.1) is 6.10 Å². The van der Waals surface area contributed by atoms with Crippen LogP contribution < -0.4 is 5.32 Å². The largest absolute Gasteiger partial charge is 0.378 e. The van der Waals surface area contributed by atoms with Crippen LogP contribution >= 0.6 is 0 Å². The third-order valence-electron chi connectivity index (χ3n) is 3.38. The van der Waals surface area contributed by atoms with Crippen LogP contribution in [0.15, 0.2) is 24.5 Å². The van der Waals surface area contributed by atoms with Gasteiger partial charge in [-0.2, -0.15) is 0 Å². The molecule has 0 aromatic carbocycles. The molecule has 1 fully saturated rings. The van der Waals surface area contributed by atoms with E-state index < -0.39 is 0 Å². The summed E-state index contributed by atoms with van der Waals surface area (Å²) in [5.74, 6) is 0. The van der Waals surface area contributed by atoms with E-state index in [4.69, 9.17) is 4.74 Å². The SMILES string of the molecule is C[C@@H](NCCCC1CCCO1)c1ccncc1. The lowest BCUT2D eigenvalue weighted by Crippen LogP contribution is -2.21. The fourth-order valence-electron chi connectivity index (χ4n) is 2.29. The average Bonchev–Trinajstić information content (AvgIpc) is 2.88. The van der Waals surface area contributed by atoms with Crippen LogP contribution in [-0.2, 0) is 4.74 Å². The molecule has 3 heteroatoms. The molecular weight excluding hydrogens is 212 g/mol. The van der Waals surface area contributed by atoms with Crippen LogP contribution in [0.5, 0.6) is 0 Å². The second-order valence-electron chi connectivity index (χ2n) is 4.73. The number of pyridine rings is 1. The van der Waals surface area contributed by atoms with Crippen molar-refractivity contribution in [2.45, 2.75) is 44.8 Å². The standard InChI is InChI=1S/C14H22N2O/c1-12(13-6-9-15-10-7-13)16-8-2-4-14-5-3-11-17-14/h6-7,9-10,12,14,16H,2-5,8,11H2,1H3/t12-,14?/m1/s1. The van der Waals surface area contributed by atoms with Gasteiger partial charge in [-0.15, -0.1) is 0 Å². The summed E-state index contributed by atoms with van der Waals surface area (Å²) in [5, 5.41) is 3.54. The summed E-state index contributed by atoms with van der Waals surface area (Å²) >= 11 is 0. The minimum Gasteiger partial charge on any atom is -0.378 e. The summed E-state index contributed by atoms with van der Waals surface area (Å²) in [4.78, 5) is 4.03. The lowest BCUT2D eigenvalue weighted by atomic mass is 10.1. The van der Waals surface area contributed by atoms with Crippen LogP contribution in [0.2, 0.25) is 0 Å². The zero-order chi connectivity index (χ0) is 11.9. The number of nitrogens with one attached hydrogen (secondary N) is 1. The van der Waals surface area contributed by atoms with Crippen molar-refractivity contribution >= 4 is 0 Å². The number of aromatic nitrogens is 1. The molecule has 1 aromatic rings. The van der Waals surface area contributed by atoms with Crippen molar-refractivity contribution in [3.63, 3.8) is 0 Å². The van der Waals surface area contributed by atoms with Crippen molar-refractivity contribution in [1.29, 1.82) is 0 Å². The fourth-order valence-corrected chi connectivity index (χ4v) is 2.29. The maximum atomic E-state index is 5.61. The highest BCUT2D eigenvalue weighted by Gasteiger charge is 2.14. The fraction of sp³-hybridized carbons (Fsp3) is 0.643. The summed E-state index contributed by atoms with van der Waals surface area (Å²) in [7, 11) is 0. The smallest absolute Gasteiger partial charge is 0.0576 e. The second kappa shape index (κ2) is 6.72. The Balaban J connectivity index is 1.61. The van der Waals surface area contributed by atoms with Gasteiger partial charge in [-0.25, -0.2) is 0 Å². The predicted octanol–water partition coefficient (Wildman–Crippen LogP) is 2.69. The van der Waals surface area contributed by atoms with Gasteiger partial charge in [-0.05, 0) is 56.8 Å². The molecular formula is C14H22N2O. The maximum absolute atomic E-state index is 5.61. The normalized spacial score (nSPS) is 21.6. The van der Waals surface area contributed by atoms with Crippen LogP contribution in [0, 0.1) is 0 Å². The molecule has 94 valence electrons. The molecule has 0 saturated carbocycles. The molecule has 1 aliphatic rings. The van der Waals surface area contributed by atoms with Gasteiger partial charge < -0.3 is 10.1 Å². The second-order valence-corrected chi connectivity index (χ2v) is 4.73. The molecule has 0 radical (unpaired) electrons. The van der Waals surface area contributed by atoms with E-state index in [0.717, 1.165) is 13.2 Å². The van der Waals surface area contributed by atoms with Crippen molar-refractivity contribution in [2.75, 3.05) is 13.2 Å². The molecule has 1 aliphatic heterocycles. The van der Waals surface area contributed by atoms with Gasteiger partial charge in [0.15, 0.2) is 0 Å². The Morgan fingerprint density at radius 1 is 1.47 bits per heavy atom. The Morgan fingerprint density at radius 2 is 2.29 bits per heavy atom. The van der Waals surface area contributed by atoms with Crippen LogP contribution in [0.25, 0.3) is 0 Å². The van der Waals surface area contributed by atoms with E-state index >= 15 is 0 Å². The minimum atomic E-state index is 0.405.